The van der Waals surface area contributed by atoms with Crippen LogP contribution >= 0.6 is 46.4 Å². The molecule has 8 aromatic rings. The van der Waals surface area contributed by atoms with Gasteiger partial charge in [-0.3, -0.25) is 0 Å². The van der Waals surface area contributed by atoms with E-state index in [0.717, 1.165) is 57.8 Å². The number of aromatic nitrogens is 4. The molecule has 0 radical (unpaired) electrons. The number of pyridine rings is 4. The molecule has 0 atom stereocenters. The van der Waals surface area contributed by atoms with Gasteiger partial charge in [0.2, 0.25) is 0 Å². The normalized spacial score (nSPS) is 10.6. The van der Waals surface area contributed by atoms with Gasteiger partial charge in [0.25, 0.3) is 0 Å². The number of hydrogen-bond acceptors (Lipinski definition) is 4. The first-order valence-electron chi connectivity index (χ1n) is 26.8. The molecule has 0 saturated heterocycles. The Morgan fingerprint density at radius 1 is 0.230 bits per heavy atom. The molecule has 0 aliphatic rings. The summed E-state index contributed by atoms with van der Waals surface area (Å²) in [5.74, 6) is 0. The van der Waals surface area contributed by atoms with E-state index in [9.17, 15) is 0 Å². The minimum atomic E-state index is 0.557. The maximum Gasteiger partial charge on any atom is 0.129 e. The van der Waals surface area contributed by atoms with Crippen LogP contribution in [0.3, 0.4) is 0 Å². The van der Waals surface area contributed by atoms with Crippen LogP contribution in [-0.2, 0) is 77.0 Å². The van der Waals surface area contributed by atoms with E-state index >= 15 is 0 Å². The first-order valence-corrected chi connectivity index (χ1v) is 28.3. The van der Waals surface area contributed by atoms with Crippen molar-refractivity contribution in [3.05, 3.63) is 258 Å². The van der Waals surface area contributed by atoms with Gasteiger partial charge in [0.15, 0.2) is 0 Å². The number of halogens is 4. The van der Waals surface area contributed by atoms with Crippen LogP contribution in [0.4, 0.5) is 0 Å². The lowest BCUT2D eigenvalue weighted by atomic mass is 10.0. The smallest absolute Gasteiger partial charge is 0.129 e. The van der Waals surface area contributed by atoms with Crippen molar-refractivity contribution >= 4 is 46.4 Å². The molecule has 8 rings (SSSR count). The van der Waals surface area contributed by atoms with E-state index in [1.165, 1.54) is 125 Å². The number of nitrogens with zero attached hydrogens (tertiary/aromatic N) is 4. The van der Waals surface area contributed by atoms with Gasteiger partial charge in [0.05, 0.1) is 0 Å². The summed E-state index contributed by atoms with van der Waals surface area (Å²) in [6.45, 7) is 8.86. The molecule has 0 N–H and O–H groups in total. The van der Waals surface area contributed by atoms with E-state index in [0.29, 0.717) is 20.6 Å². The summed E-state index contributed by atoms with van der Waals surface area (Å²) in [7, 11) is 0. The fourth-order valence-corrected chi connectivity index (χ4v) is 8.63. The van der Waals surface area contributed by atoms with Crippen molar-refractivity contribution in [2.75, 3.05) is 0 Å². The molecule has 388 valence electrons. The van der Waals surface area contributed by atoms with Crippen LogP contribution in [0, 0.1) is 0 Å². The molecule has 4 aromatic heterocycles. The third-order valence-electron chi connectivity index (χ3n) is 12.9. The average Bonchev–Trinajstić information content (AvgIpc) is 3.44. The van der Waals surface area contributed by atoms with E-state index in [-0.39, 0.29) is 0 Å². The highest BCUT2D eigenvalue weighted by Crippen LogP contribution is 2.16. The van der Waals surface area contributed by atoms with Gasteiger partial charge in [-0.25, -0.2) is 19.9 Å². The lowest BCUT2D eigenvalue weighted by Crippen LogP contribution is -1.93. The Bertz CT molecular complexity index is 2690. The van der Waals surface area contributed by atoms with Gasteiger partial charge in [-0.1, -0.05) is 221 Å². The lowest BCUT2D eigenvalue weighted by molar-refractivity contribution is 0.717. The Morgan fingerprint density at radius 3 is 0.703 bits per heavy atom. The predicted molar refractivity (Wildman–Crippen MR) is 318 cm³/mol. The number of aryl methyl sites for hydroxylation is 12. The monoisotopic (exact) mass is 1060 g/mol. The molecule has 74 heavy (non-hydrogen) atoms. The molecule has 0 fully saturated rings. The van der Waals surface area contributed by atoms with Crippen molar-refractivity contribution in [1.29, 1.82) is 0 Å². The molecule has 0 saturated carbocycles. The van der Waals surface area contributed by atoms with E-state index in [2.05, 4.69) is 151 Å². The number of benzene rings is 4. The first kappa shape index (κ1) is 59.5. The highest BCUT2D eigenvalue weighted by atomic mass is 35.5. The van der Waals surface area contributed by atoms with E-state index in [4.69, 9.17) is 46.4 Å². The minimum Gasteiger partial charge on any atom is -0.244 e. The zero-order valence-electron chi connectivity index (χ0n) is 44.2. The second-order valence-electron chi connectivity index (χ2n) is 18.9. The second-order valence-corrected chi connectivity index (χ2v) is 20.4. The molecule has 0 spiro atoms. The molecule has 0 unspecified atom stereocenters. The van der Waals surface area contributed by atoms with Crippen molar-refractivity contribution in [2.24, 2.45) is 0 Å². The molecular formula is C66H76Cl4N4. The molecule has 0 aliphatic carbocycles. The lowest BCUT2D eigenvalue weighted by Gasteiger charge is -2.05. The van der Waals surface area contributed by atoms with Crippen LogP contribution in [0.2, 0.25) is 20.6 Å². The quantitative estimate of drug-likeness (QED) is 0.0501. The van der Waals surface area contributed by atoms with Gasteiger partial charge in [-0.15, -0.1) is 0 Å². The van der Waals surface area contributed by atoms with Crippen molar-refractivity contribution in [2.45, 2.75) is 143 Å². The molecule has 0 amide bonds. The Hall–Kier alpha value is -5.36. The predicted octanol–water partition coefficient (Wildman–Crippen LogP) is 18.7. The average molecular weight is 1070 g/mol. The Balaban J connectivity index is 0.000000183. The summed E-state index contributed by atoms with van der Waals surface area (Å²) in [6, 6.07) is 51.4. The summed E-state index contributed by atoms with van der Waals surface area (Å²) >= 11 is 23.1. The zero-order valence-corrected chi connectivity index (χ0v) is 47.2. The molecular weight excluding hydrogens is 991 g/mol. The number of unbranched alkanes of at least 4 members (excludes halogenated alkanes) is 3. The van der Waals surface area contributed by atoms with Gasteiger partial charge in [-0.2, -0.15) is 0 Å². The van der Waals surface area contributed by atoms with Crippen molar-refractivity contribution < 1.29 is 0 Å². The topological polar surface area (TPSA) is 51.6 Å². The summed E-state index contributed by atoms with van der Waals surface area (Å²) in [5.41, 5.74) is 16.2. The van der Waals surface area contributed by atoms with Crippen molar-refractivity contribution in [1.82, 2.24) is 19.9 Å². The van der Waals surface area contributed by atoms with Crippen LogP contribution in [-0.4, -0.2) is 19.9 Å². The fourth-order valence-electron chi connectivity index (χ4n) is 8.18. The molecule has 4 aromatic carbocycles. The van der Waals surface area contributed by atoms with E-state index < -0.39 is 0 Å². The van der Waals surface area contributed by atoms with E-state index in [1.807, 2.05) is 67.3 Å². The second kappa shape index (κ2) is 35.0. The Labute approximate surface area is 464 Å². The summed E-state index contributed by atoms with van der Waals surface area (Å²) in [6.07, 6.45) is 28.0. The van der Waals surface area contributed by atoms with Crippen LogP contribution < -0.4 is 0 Å². The fraction of sp³-hybridized carbons (Fsp3) is 0.333. The van der Waals surface area contributed by atoms with Crippen LogP contribution in [0.15, 0.2) is 170 Å². The van der Waals surface area contributed by atoms with E-state index in [1.54, 1.807) is 0 Å². The largest absolute Gasteiger partial charge is 0.244 e. The van der Waals surface area contributed by atoms with Gasteiger partial charge in [0, 0.05) is 24.8 Å². The molecule has 0 bridgehead atoms. The van der Waals surface area contributed by atoms with Gasteiger partial charge in [-0.05, 0) is 181 Å². The van der Waals surface area contributed by atoms with Crippen LogP contribution in [0.25, 0.3) is 0 Å². The van der Waals surface area contributed by atoms with Crippen LogP contribution in [0.5, 0.6) is 0 Å². The zero-order chi connectivity index (χ0) is 52.6. The highest BCUT2D eigenvalue weighted by Gasteiger charge is 2.03. The highest BCUT2D eigenvalue weighted by molar-refractivity contribution is 6.30. The van der Waals surface area contributed by atoms with Gasteiger partial charge in [0.1, 0.15) is 20.6 Å². The van der Waals surface area contributed by atoms with Crippen molar-refractivity contribution in [3.8, 4) is 0 Å². The maximum absolute atomic E-state index is 5.79. The molecule has 0 aliphatic heterocycles. The standard InChI is InChI=1S/C18H22ClN.C17H20ClN.C16H18ClN.C15H16ClN/c1-2-3-4-5-15-6-8-16(9-7-15)10-11-17-12-13-18(19)20-14-17;1-2-3-4-14-5-7-15(8-6-14)9-10-16-11-12-17(18)19-13-16;1-2-3-13-4-6-14(7-5-13)8-9-15-10-11-16(17)18-12-15;1-2-12-3-5-13(6-4-12)7-8-14-9-10-15(16)17-11-14/h6-9,12-14H,2-5,10-11H2,1H3;5-8,11-13H,2-4,9-10H2,1H3;4-7,10-12H,2-3,8-9H2,1H3;3-6,9-11H,2,7-8H2,1H3. The Morgan fingerprint density at radius 2 is 0.459 bits per heavy atom. The SMILES string of the molecule is CCCCCc1ccc(CCc2ccc(Cl)nc2)cc1.CCCCc1ccc(CCc2ccc(Cl)nc2)cc1.CCCc1ccc(CCc2ccc(Cl)nc2)cc1.CCc1ccc(CCc2ccc(Cl)nc2)cc1. The van der Waals surface area contributed by atoms with Gasteiger partial charge < -0.3 is 0 Å². The van der Waals surface area contributed by atoms with Gasteiger partial charge >= 0.3 is 0 Å². The molecule has 4 heterocycles. The molecule has 4 nitrogen and oxygen atoms in total. The molecule has 8 heteroatoms. The summed E-state index contributed by atoms with van der Waals surface area (Å²) in [4.78, 5) is 16.4. The maximum atomic E-state index is 5.79. The third-order valence-corrected chi connectivity index (χ3v) is 13.8. The minimum absolute atomic E-state index is 0.557. The first-order chi connectivity index (χ1) is 36.1. The Kier molecular flexibility index (Phi) is 28.1. The number of rotatable bonds is 22. The van der Waals surface area contributed by atoms with Crippen molar-refractivity contribution in [3.63, 3.8) is 0 Å². The summed E-state index contributed by atoms with van der Waals surface area (Å²) < 4.78 is 0. The summed E-state index contributed by atoms with van der Waals surface area (Å²) in [5, 5.41) is 2.23. The van der Waals surface area contributed by atoms with Crippen LogP contribution in [0.1, 0.15) is 133 Å². The third kappa shape index (κ3) is 24.3. The number of hydrogen-bond donors (Lipinski definition) is 0.